The van der Waals surface area contributed by atoms with Crippen molar-refractivity contribution in [3.63, 3.8) is 0 Å². The number of carbonyl (C=O) groups excluding carboxylic acids is 2. The fraction of sp³-hybridized carbons (Fsp3) is 0.423. The molecule has 2 aromatic carbocycles. The summed E-state index contributed by atoms with van der Waals surface area (Å²) in [5, 5.41) is 6.42. The highest BCUT2D eigenvalue weighted by atomic mass is 16.5. The lowest BCUT2D eigenvalue weighted by Crippen LogP contribution is -2.44. The summed E-state index contributed by atoms with van der Waals surface area (Å²) < 4.78 is 5.20. The standard InChI is InChI=1S/C26H31N3O3/c1-3-32-26(31)22-10-7-15-28(17-22)18-25(30)29-24(21-13-11-19(2)12-14-21)16-23(27-29)20-8-5-4-6-9-20/h4-6,8-9,11-14,22,24H,3,7,10,15-18H2,1-2H3. The molecule has 2 aliphatic heterocycles. The maximum atomic E-state index is 13.4. The number of hydrogen-bond acceptors (Lipinski definition) is 5. The van der Waals surface area contributed by atoms with Crippen LogP contribution in [0.5, 0.6) is 0 Å². The number of aryl methyl sites for hydroxylation is 1. The minimum atomic E-state index is -0.161. The Morgan fingerprint density at radius 2 is 1.84 bits per heavy atom. The van der Waals surface area contributed by atoms with Crippen molar-refractivity contribution >= 4 is 17.6 Å². The number of amides is 1. The zero-order valence-electron chi connectivity index (χ0n) is 18.9. The van der Waals surface area contributed by atoms with Crippen molar-refractivity contribution in [2.24, 2.45) is 11.0 Å². The van der Waals surface area contributed by atoms with Crippen LogP contribution < -0.4 is 0 Å². The molecule has 2 atom stereocenters. The van der Waals surface area contributed by atoms with E-state index in [0.717, 1.165) is 36.2 Å². The average molecular weight is 434 g/mol. The largest absolute Gasteiger partial charge is 0.466 e. The van der Waals surface area contributed by atoms with Crippen LogP contribution in [0.15, 0.2) is 59.7 Å². The molecule has 0 aliphatic carbocycles. The summed E-state index contributed by atoms with van der Waals surface area (Å²) in [6.45, 7) is 5.89. The molecule has 32 heavy (non-hydrogen) atoms. The smallest absolute Gasteiger partial charge is 0.310 e. The Morgan fingerprint density at radius 3 is 2.56 bits per heavy atom. The average Bonchev–Trinajstić information content (AvgIpc) is 3.26. The predicted octanol–water partition coefficient (Wildman–Crippen LogP) is 3.95. The third kappa shape index (κ3) is 5.07. The lowest BCUT2D eigenvalue weighted by Gasteiger charge is -2.32. The van der Waals surface area contributed by atoms with E-state index in [0.29, 0.717) is 19.6 Å². The van der Waals surface area contributed by atoms with E-state index in [-0.39, 0.29) is 30.4 Å². The van der Waals surface area contributed by atoms with Gasteiger partial charge in [-0.15, -0.1) is 0 Å². The fourth-order valence-corrected chi connectivity index (χ4v) is 4.51. The molecular formula is C26H31N3O3. The normalized spacial score (nSPS) is 21.3. The van der Waals surface area contributed by atoms with E-state index in [1.165, 1.54) is 5.56 Å². The van der Waals surface area contributed by atoms with Crippen molar-refractivity contribution in [3.05, 3.63) is 71.3 Å². The Kier molecular flexibility index (Phi) is 7.00. The van der Waals surface area contributed by atoms with E-state index in [1.54, 1.807) is 5.01 Å². The highest BCUT2D eigenvalue weighted by Gasteiger charge is 2.35. The van der Waals surface area contributed by atoms with E-state index in [1.807, 2.05) is 37.3 Å². The van der Waals surface area contributed by atoms with Gasteiger partial charge in [-0.05, 0) is 44.4 Å². The highest BCUT2D eigenvalue weighted by Crippen LogP contribution is 2.33. The van der Waals surface area contributed by atoms with Crippen LogP contribution in [0.2, 0.25) is 0 Å². The number of rotatable bonds is 6. The number of esters is 1. The van der Waals surface area contributed by atoms with Gasteiger partial charge in [0.2, 0.25) is 0 Å². The first-order valence-corrected chi connectivity index (χ1v) is 11.5. The summed E-state index contributed by atoms with van der Waals surface area (Å²) in [4.78, 5) is 27.7. The van der Waals surface area contributed by atoms with E-state index in [4.69, 9.17) is 9.84 Å². The summed E-state index contributed by atoms with van der Waals surface area (Å²) >= 11 is 0. The first kappa shape index (κ1) is 22.2. The molecule has 2 aliphatic rings. The van der Waals surface area contributed by atoms with Crippen molar-refractivity contribution in [2.45, 2.75) is 39.2 Å². The van der Waals surface area contributed by atoms with Crippen LogP contribution >= 0.6 is 0 Å². The van der Waals surface area contributed by atoms with Crippen LogP contribution in [0, 0.1) is 12.8 Å². The number of likely N-dealkylation sites (tertiary alicyclic amines) is 1. The van der Waals surface area contributed by atoms with Gasteiger partial charge in [0.05, 0.1) is 30.8 Å². The zero-order valence-corrected chi connectivity index (χ0v) is 18.9. The van der Waals surface area contributed by atoms with Gasteiger partial charge in [0.1, 0.15) is 0 Å². The van der Waals surface area contributed by atoms with Gasteiger partial charge >= 0.3 is 5.97 Å². The number of hydrazone groups is 1. The van der Waals surface area contributed by atoms with Crippen molar-refractivity contribution in [1.82, 2.24) is 9.91 Å². The summed E-state index contributed by atoms with van der Waals surface area (Å²) in [6, 6.07) is 18.2. The predicted molar refractivity (Wildman–Crippen MR) is 124 cm³/mol. The third-order valence-corrected chi connectivity index (χ3v) is 6.22. The molecule has 0 bridgehead atoms. The zero-order chi connectivity index (χ0) is 22.5. The molecule has 2 heterocycles. The topological polar surface area (TPSA) is 62.2 Å². The second-order valence-electron chi connectivity index (χ2n) is 8.61. The van der Waals surface area contributed by atoms with E-state index in [2.05, 4.69) is 36.1 Å². The van der Waals surface area contributed by atoms with E-state index >= 15 is 0 Å². The van der Waals surface area contributed by atoms with Crippen LogP contribution in [-0.4, -0.2) is 53.7 Å². The fourth-order valence-electron chi connectivity index (χ4n) is 4.51. The maximum Gasteiger partial charge on any atom is 0.310 e. The number of benzene rings is 2. The van der Waals surface area contributed by atoms with Crippen LogP contribution in [-0.2, 0) is 14.3 Å². The third-order valence-electron chi connectivity index (χ3n) is 6.22. The van der Waals surface area contributed by atoms with Crippen LogP contribution in [0.1, 0.15) is 48.9 Å². The first-order valence-electron chi connectivity index (χ1n) is 11.5. The first-order chi connectivity index (χ1) is 15.5. The van der Waals surface area contributed by atoms with Gasteiger partial charge < -0.3 is 4.74 Å². The molecule has 0 saturated carbocycles. The number of carbonyl (C=O) groups is 2. The van der Waals surface area contributed by atoms with Gasteiger partial charge in [0, 0.05) is 13.0 Å². The Bertz CT molecular complexity index is 972. The number of ether oxygens (including phenoxy) is 1. The summed E-state index contributed by atoms with van der Waals surface area (Å²) in [5.74, 6) is -0.356. The van der Waals surface area contributed by atoms with Gasteiger partial charge in [0.25, 0.3) is 5.91 Å². The monoisotopic (exact) mass is 433 g/mol. The van der Waals surface area contributed by atoms with Gasteiger partial charge in [-0.3, -0.25) is 14.5 Å². The van der Waals surface area contributed by atoms with Crippen LogP contribution in [0.4, 0.5) is 0 Å². The summed E-state index contributed by atoms with van der Waals surface area (Å²) in [7, 11) is 0. The molecule has 0 N–H and O–H groups in total. The van der Waals surface area contributed by atoms with Crippen LogP contribution in [0.3, 0.4) is 0 Å². The van der Waals surface area contributed by atoms with Gasteiger partial charge in [-0.1, -0.05) is 60.2 Å². The molecule has 6 heteroatoms. The number of nitrogens with zero attached hydrogens (tertiary/aromatic N) is 3. The SMILES string of the molecule is CCOC(=O)C1CCCN(CC(=O)N2N=C(c3ccccc3)CC2c2ccc(C)cc2)C1. The van der Waals surface area contributed by atoms with Crippen molar-refractivity contribution < 1.29 is 14.3 Å². The number of hydrogen-bond donors (Lipinski definition) is 0. The Balaban J connectivity index is 1.52. The molecule has 1 fully saturated rings. The number of piperidine rings is 1. The molecular weight excluding hydrogens is 402 g/mol. The minimum absolute atomic E-state index is 0.0361. The molecule has 168 valence electrons. The molecule has 2 unspecified atom stereocenters. The molecule has 1 saturated heterocycles. The molecule has 1 amide bonds. The highest BCUT2D eigenvalue weighted by molar-refractivity contribution is 6.03. The molecule has 0 radical (unpaired) electrons. The maximum absolute atomic E-state index is 13.4. The van der Waals surface area contributed by atoms with Crippen molar-refractivity contribution in [2.75, 3.05) is 26.2 Å². The van der Waals surface area contributed by atoms with Gasteiger partial charge in [-0.2, -0.15) is 5.10 Å². The molecule has 2 aromatic rings. The lowest BCUT2D eigenvalue weighted by molar-refractivity contribution is -0.150. The van der Waals surface area contributed by atoms with Gasteiger partial charge in [-0.25, -0.2) is 5.01 Å². The minimum Gasteiger partial charge on any atom is -0.466 e. The quantitative estimate of drug-likeness (QED) is 0.647. The second kappa shape index (κ2) is 10.1. The van der Waals surface area contributed by atoms with Crippen LogP contribution in [0.25, 0.3) is 0 Å². The van der Waals surface area contributed by atoms with Gasteiger partial charge in [0.15, 0.2) is 0 Å². The van der Waals surface area contributed by atoms with E-state index in [9.17, 15) is 9.59 Å². The Labute approximate surface area is 189 Å². The van der Waals surface area contributed by atoms with Crippen molar-refractivity contribution in [3.8, 4) is 0 Å². The molecule has 0 aromatic heterocycles. The Hall–Kier alpha value is -2.99. The summed E-state index contributed by atoms with van der Waals surface area (Å²) in [5.41, 5.74) is 4.24. The van der Waals surface area contributed by atoms with E-state index < -0.39 is 0 Å². The van der Waals surface area contributed by atoms with Crippen molar-refractivity contribution in [1.29, 1.82) is 0 Å². The lowest BCUT2D eigenvalue weighted by atomic mass is 9.97. The molecule has 4 rings (SSSR count). The molecule has 0 spiro atoms. The summed E-state index contributed by atoms with van der Waals surface area (Å²) in [6.07, 6.45) is 2.39. The Morgan fingerprint density at radius 1 is 1.09 bits per heavy atom. The second-order valence-corrected chi connectivity index (χ2v) is 8.61. The molecule has 6 nitrogen and oxygen atoms in total.